The van der Waals surface area contributed by atoms with Crippen LogP contribution in [0.5, 0.6) is 0 Å². The molecule has 0 amide bonds. The van der Waals surface area contributed by atoms with Gasteiger partial charge < -0.3 is 9.47 Å². The molecule has 1 aromatic carbocycles. The molecule has 0 saturated heterocycles. The summed E-state index contributed by atoms with van der Waals surface area (Å²) in [5, 5.41) is 0. The second-order valence-electron chi connectivity index (χ2n) is 2.83. The molecule has 0 N–H and O–H groups in total. The minimum atomic E-state index is -0.605. The number of carbonyl (C=O) groups excluding carboxylic acids is 2. The van der Waals surface area contributed by atoms with E-state index in [2.05, 4.69) is 9.47 Å². The van der Waals surface area contributed by atoms with Gasteiger partial charge in [-0.2, -0.15) is 0 Å². The summed E-state index contributed by atoms with van der Waals surface area (Å²) in [6.45, 7) is 6.36. The molecule has 0 aromatic heterocycles. The second kappa shape index (κ2) is 15.2. The molecule has 1 aromatic rings. The number of methoxy groups -OCH3 is 1. The summed E-state index contributed by atoms with van der Waals surface area (Å²) in [7, 11) is 1.29. The zero-order valence-corrected chi connectivity index (χ0v) is 11.5. The molecule has 0 unspecified atom stereocenters. The molecular formula is C14H22O4. The lowest BCUT2D eigenvalue weighted by Gasteiger charge is -1.97. The molecule has 0 radical (unpaired) electrons. The Balaban J connectivity index is 0. The molecule has 0 spiro atoms. The van der Waals surface area contributed by atoms with Gasteiger partial charge in [0.25, 0.3) is 0 Å². The predicted octanol–water partition coefficient (Wildman–Crippen LogP) is 3.70. The van der Waals surface area contributed by atoms with Crippen molar-refractivity contribution in [3.05, 3.63) is 35.9 Å². The molecule has 4 nitrogen and oxygen atoms in total. The van der Waals surface area contributed by atoms with Crippen LogP contribution in [0.25, 0.3) is 0 Å². The Labute approximate surface area is 109 Å². The first-order valence-corrected chi connectivity index (χ1v) is 5.95. The number of hydrogen-bond donors (Lipinski definition) is 0. The number of hydrogen-bond acceptors (Lipinski definition) is 4. The van der Waals surface area contributed by atoms with E-state index in [9.17, 15) is 9.59 Å². The summed E-state index contributed by atoms with van der Waals surface area (Å²) in [6.07, 6.45) is 1.06. The van der Waals surface area contributed by atoms with E-state index in [-0.39, 0.29) is 0 Å². The molecule has 0 heterocycles. The highest BCUT2D eigenvalue weighted by molar-refractivity contribution is 5.74. The Morgan fingerprint density at radius 3 is 2.11 bits per heavy atom. The van der Waals surface area contributed by atoms with Gasteiger partial charge in [0.15, 0.2) is 0 Å². The van der Waals surface area contributed by atoms with Crippen LogP contribution < -0.4 is 0 Å². The molecule has 0 saturated carbocycles. The van der Waals surface area contributed by atoms with Crippen molar-refractivity contribution in [3.63, 3.8) is 0 Å². The predicted molar refractivity (Wildman–Crippen MR) is 71.8 cm³/mol. The molecule has 18 heavy (non-hydrogen) atoms. The summed E-state index contributed by atoms with van der Waals surface area (Å²) < 4.78 is 8.67. The summed E-state index contributed by atoms with van der Waals surface area (Å²) in [4.78, 5) is 20.1. The van der Waals surface area contributed by atoms with Gasteiger partial charge in [-0.25, -0.2) is 4.79 Å². The van der Waals surface area contributed by atoms with E-state index in [1.807, 2.05) is 39.0 Å². The Hall–Kier alpha value is -1.84. The zero-order chi connectivity index (χ0) is 14.2. The third-order valence-electron chi connectivity index (χ3n) is 1.53. The molecule has 0 aliphatic rings. The molecule has 1 rings (SSSR count). The number of benzene rings is 1. The smallest absolute Gasteiger partial charge is 0.438 e. The Morgan fingerprint density at radius 1 is 1.22 bits per heavy atom. The number of rotatable bonds is 3. The highest BCUT2D eigenvalue weighted by Crippen LogP contribution is 1.91. The third-order valence-corrected chi connectivity index (χ3v) is 1.53. The first-order valence-electron chi connectivity index (χ1n) is 5.95. The molecular weight excluding hydrogens is 232 g/mol. The van der Waals surface area contributed by atoms with Crippen molar-refractivity contribution in [2.45, 2.75) is 27.2 Å². The lowest BCUT2D eigenvalue weighted by Crippen LogP contribution is -2.03. The molecule has 0 aliphatic carbocycles. The van der Waals surface area contributed by atoms with Gasteiger partial charge >= 0.3 is 6.16 Å². The van der Waals surface area contributed by atoms with Crippen molar-refractivity contribution in [2.24, 2.45) is 0 Å². The highest BCUT2D eigenvalue weighted by atomic mass is 16.7. The monoisotopic (exact) mass is 254 g/mol. The van der Waals surface area contributed by atoms with Crippen LogP contribution in [0.2, 0.25) is 0 Å². The molecule has 0 atom stereocenters. The standard InChI is InChI=1S/C7H6O.C5H10O3.C2H6/c8-6-7-4-2-1-3-5-7;1-3-4-8-5(6)7-2;1-2/h1-6H;3-4H2,1-2H3;1-2H3. The largest absolute Gasteiger partial charge is 0.507 e. The number of carbonyl (C=O) groups is 2. The summed E-state index contributed by atoms with van der Waals surface area (Å²) >= 11 is 0. The molecule has 0 bridgehead atoms. The fourth-order valence-electron chi connectivity index (χ4n) is 0.776. The van der Waals surface area contributed by atoms with E-state index in [0.29, 0.717) is 6.61 Å². The fourth-order valence-corrected chi connectivity index (χ4v) is 0.776. The summed E-state index contributed by atoms with van der Waals surface area (Å²) in [6, 6.07) is 9.10. The van der Waals surface area contributed by atoms with Crippen molar-refractivity contribution in [1.29, 1.82) is 0 Å². The molecule has 4 heteroatoms. The van der Waals surface area contributed by atoms with E-state index in [1.54, 1.807) is 12.1 Å². The van der Waals surface area contributed by atoms with Crippen molar-refractivity contribution < 1.29 is 19.1 Å². The van der Waals surface area contributed by atoms with Gasteiger partial charge in [0.1, 0.15) is 6.29 Å². The maximum absolute atomic E-state index is 10.1. The number of ether oxygens (including phenoxy) is 2. The second-order valence-corrected chi connectivity index (χ2v) is 2.83. The van der Waals surface area contributed by atoms with Crippen LogP contribution in [-0.4, -0.2) is 26.2 Å². The van der Waals surface area contributed by atoms with Gasteiger partial charge in [0, 0.05) is 5.56 Å². The zero-order valence-electron chi connectivity index (χ0n) is 11.5. The van der Waals surface area contributed by atoms with Crippen LogP contribution in [0.1, 0.15) is 37.6 Å². The average Bonchev–Trinajstić information content (AvgIpc) is 2.48. The van der Waals surface area contributed by atoms with Crippen LogP contribution in [0.3, 0.4) is 0 Å². The van der Waals surface area contributed by atoms with Crippen LogP contribution in [0.15, 0.2) is 30.3 Å². The van der Waals surface area contributed by atoms with Gasteiger partial charge in [-0.1, -0.05) is 51.1 Å². The van der Waals surface area contributed by atoms with Crippen LogP contribution >= 0.6 is 0 Å². The van der Waals surface area contributed by atoms with E-state index in [1.165, 1.54) is 7.11 Å². The highest BCUT2D eigenvalue weighted by Gasteiger charge is 1.95. The van der Waals surface area contributed by atoms with Crippen molar-refractivity contribution in [2.75, 3.05) is 13.7 Å². The van der Waals surface area contributed by atoms with Crippen molar-refractivity contribution in [3.8, 4) is 0 Å². The van der Waals surface area contributed by atoms with E-state index < -0.39 is 6.16 Å². The number of aldehydes is 1. The minimum absolute atomic E-state index is 0.437. The van der Waals surface area contributed by atoms with Crippen LogP contribution in [-0.2, 0) is 9.47 Å². The fraction of sp³-hybridized carbons (Fsp3) is 0.429. The maximum Gasteiger partial charge on any atom is 0.507 e. The van der Waals surface area contributed by atoms with Gasteiger partial charge in [-0.05, 0) is 6.42 Å². The molecule has 0 fully saturated rings. The maximum atomic E-state index is 10.1. The quantitative estimate of drug-likeness (QED) is 0.609. The first-order chi connectivity index (χ1) is 8.74. The van der Waals surface area contributed by atoms with Gasteiger partial charge in [-0.3, -0.25) is 4.79 Å². The van der Waals surface area contributed by atoms with Gasteiger partial charge in [-0.15, -0.1) is 0 Å². The molecule has 102 valence electrons. The van der Waals surface area contributed by atoms with Gasteiger partial charge in [0.05, 0.1) is 13.7 Å². The van der Waals surface area contributed by atoms with Crippen molar-refractivity contribution >= 4 is 12.4 Å². The summed E-state index contributed by atoms with van der Waals surface area (Å²) in [5.41, 5.74) is 0.729. The van der Waals surface area contributed by atoms with E-state index >= 15 is 0 Å². The molecule has 0 aliphatic heterocycles. The first kappa shape index (κ1) is 18.5. The van der Waals surface area contributed by atoms with Crippen LogP contribution in [0, 0.1) is 0 Å². The Bertz CT molecular complexity index is 296. The van der Waals surface area contributed by atoms with Crippen LogP contribution in [0.4, 0.5) is 4.79 Å². The third kappa shape index (κ3) is 12.2. The van der Waals surface area contributed by atoms with E-state index in [0.717, 1.165) is 18.3 Å². The Morgan fingerprint density at radius 2 is 1.78 bits per heavy atom. The van der Waals surface area contributed by atoms with Gasteiger partial charge in [0.2, 0.25) is 0 Å². The average molecular weight is 254 g/mol. The normalized spacial score (nSPS) is 7.78. The lowest BCUT2D eigenvalue weighted by atomic mass is 10.2. The Kier molecular flexibility index (Phi) is 15.6. The lowest BCUT2D eigenvalue weighted by molar-refractivity contribution is 0.0728. The topological polar surface area (TPSA) is 52.6 Å². The van der Waals surface area contributed by atoms with E-state index in [4.69, 9.17) is 0 Å². The summed E-state index contributed by atoms with van der Waals surface area (Å²) in [5.74, 6) is 0. The van der Waals surface area contributed by atoms with Crippen molar-refractivity contribution in [1.82, 2.24) is 0 Å². The minimum Gasteiger partial charge on any atom is -0.438 e. The SMILES string of the molecule is CC.CCCOC(=O)OC.O=Cc1ccccc1.